The molecule has 21 heavy (non-hydrogen) atoms. The van der Waals surface area contributed by atoms with Crippen LogP contribution < -0.4 is 0 Å². The number of esters is 2. The second-order valence-electron chi connectivity index (χ2n) is 3.89. The number of aryl methyl sites for hydroxylation is 2. The zero-order valence-corrected chi connectivity index (χ0v) is 13.6. The fourth-order valence-corrected chi connectivity index (χ4v) is 1.94. The SMILES string of the molecule is COC(=O)c1cc(Br)oc1C.COC(=O)c1ccoc1C. The van der Waals surface area contributed by atoms with Gasteiger partial charge < -0.3 is 18.3 Å². The van der Waals surface area contributed by atoms with E-state index in [1.807, 2.05) is 0 Å². The highest BCUT2D eigenvalue weighted by Crippen LogP contribution is 2.19. The molecular formula is C14H15BrO6. The van der Waals surface area contributed by atoms with Gasteiger partial charge in [-0.15, -0.1) is 0 Å². The van der Waals surface area contributed by atoms with E-state index in [0.717, 1.165) is 0 Å². The average molecular weight is 359 g/mol. The summed E-state index contributed by atoms with van der Waals surface area (Å²) in [6.45, 7) is 3.42. The highest BCUT2D eigenvalue weighted by atomic mass is 79.9. The van der Waals surface area contributed by atoms with Gasteiger partial charge in [-0.25, -0.2) is 9.59 Å². The molecule has 0 amide bonds. The molecule has 2 aromatic rings. The Morgan fingerprint density at radius 1 is 1.05 bits per heavy atom. The van der Waals surface area contributed by atoms with Crippen molar-refractivity contribution in [1.29, 1.82) is 0 Å². The fourth-order valence-electron chi connectivity index (χ4n) is 1.47. The molecule has 0 N–H and O–H groups in total. The van der Waals surface area contributed by atoms with Crippen molar-refractivity contribution in [2.45, 2.75) is 13.8 Å². The zero-order valence-electron chi connectivity index (χ0n) is 12.1. The summed E-state index contributed by atoms with van der Waals surface area (Å²) in [5.74, 6) is 0.416. The van der Waals surface area contributed by atoms with Crippen molar-refractivity contribution < 1.29 is 27.9 Å². The van der Waals surface area contributed by atoms with Gasteiger partial charge in [-0.05, 0) is 35.8 Å². The van der Waals surface area contributed by atoms with E-state index in [2.05, 4.69) is 25.4 Å². The topological polar surface area (TPSA) is 78.9 Å². The molecular weight excluding hydrogens is 344 g/mol. The summed E-state index contributed by atoms with van der Waals surface area (Å²) in [5.41, 5.74) is 0.946. The Bertz CT molecular complexity index is 625. The minimum Gasteiger partial charge on any atom is -0.469 e. The monoisotopic (exact) mass is 358 g/mol. The summed E-state index contributed by atoms with van der Waals surface area (Å²) in [6, 6.07) is 3.17. The van der Waals surface area contributed by atoms with Gasteiger partial charge in [0.25, 0.3) is 0 Å². The van der Waals surface area contributed by atoms with Gasteiger partial charge in [0.2, 0.25) is 0 Å². The van der Waals surface area contributed by atoms with Crippen molar-refractivity contribution in [2.24, 2.45) is 0 Å². The number of methoxy groups -OCH3 is 2. The molecule has 6 nitrogen and oxygen atoms in total. The number of furan rings is 2. The van der Waals surface area contributed by atoms with Crippen LogP contribution in [0.15, 0.2) is 31.9 Å². The Hall–Kier alpha value is -2.02. The van der Waals surface area contributed by atoms with Gasteiger partial charge in [0, 0.05) is 6.07 Å². The van der Waals surface area contributed by atoms with Crippen molar-refractivity contribution in [3.63, 3.8) is 0 Å². The second-order valence-corrected chi connectivity index (χ2v) is 4.68. The smallest absolute Gasteiger partial charge is 0.341 e. The second kappa shape index (κ2) is 7.68. The van der Waals surface area contributed by atoms with E-state index < -0.39 is 0 Å². The summed E-state index contributed by atoms with van der Waals surface area (Å²) in [7, 11) is 2.68. The van der Waals surface area contributed by atoms with Gasteiger partial charge in [-0.3, -0.25) is 0 Å². The number of rotatable bonds is 2. The molecule has 2 rings (SSSR count). The van der Waals surface area contributed by atoms with Crippen LogP contribution in [0.4, 0.5) is 0 Å². The maximum Gasteiger partial charge on any atom is 0.341 e. The molecule has 0 radical (unpaired) electrons. The number of carbonyl (C=O) groups excluding carboxylic acids is 2. The number of carbonyl (C=O) groups is 2. The van der Waals surface area contributed by atoms with Crippen molar-refractivity contribution in [1.82, 2.24) is 0 Å². The lowest BCUT2D eigenvalue weighted by atomic mass is 10.3. The third-order valence-corrected chi connectivity index (χ3v) is 2.95. The van der Waals surface area contributed by atoms with Crippen molar-refractivity contribution in [3.05, 3.63) is 45.7 Å². The van der Waals surface area contributed by atoms with Gasteiger partial charge in [0.15, 0.2) is 4.67 Å². The Kier molecular flexibility index (Phi) is 6.23. The lowest BCUT2D eigenvalue weighted by molar-refractivity contribution is 0.0589. The minimum absolute atomic E-state index is 0.355. The molecule has 0 saturated heterocycles. The summed E-state index contributed by atoms with van der Waals surface area (Å²) >= 11 is 3.11. The molecule has 0 saturated carbocycles. The molecule has 0 spiro atoms. The molecule has 0 aromatic carbocycles. The van der Waals surface area contributed by atoms with E-state index in [9.17, 15) is 9.59 Å². The van der Waals surface area contributed by atoms with Gasteiger partial charge in [0.1, 0.15) is 22.6 Å². The highest BCUT2D eigenvalue weighted by molar-refractivity contribution is 9.10. The average Bonchev–Trinajstić information content (AvgIpc) is 3.03. The largest absolute Gasteiger partial charge is 0.469 e. The van der Waals surface area contributed by atoms with Crippen LogP contribution >= 0.6 is 15.9 Å². The van der Waals surface area contributed by atoms with Crippen LogP contribution in [0.2, 0.25) is 0 Å². The molecule has 0 bridgehead atoms. The molecule has 0 unspecified atom stereocenters. The van der Waals surface area contributed by atoms with Crippen molar-refractivity contribution in [3.8, 4) is 0 Å². The molecule has 7 heteroatoms. The molecule has 0 atom stereocenters. The first-order chi connectivity index (χ1) is 9.90. The van der Waals surface area contributed by atoms with Crippen LogP contribution in [0.5, 0.6) is 0 Å². The molecule has 0 fully saturated rings. The third kappa shape index (κ3) is 4.49. The van der Waals surface area contributed by atoms with Gasteiger partial charge in [-0.2, -0.15) is 0 Å². The number of halogens is 1. The van der Waals surface area contributed by atoms with E-state index in [1.165, 1.54) is 20.5 Å². The Morgan fingerprint density at radius 3 is 2.00 bits per heavy atom. The van der Waals surface area contributed by atoms with Crippen molar-refractivity contribution >= 4 is 27.9 Å². The zero-order chi connectivity index (χ0) is 16.0. The predicted molar refractivity (Wildman–Crippen MR) is 77.3 cm³/mol. The summed E-state index contributed by atoms with van der Waals surface area (Å²) < 4.78 is 19.5. The van der Waals surface area contributed by atoms with Gasteiger partial charge in [0.05, 0.1) is 20.5 Å². The lowest BCUT2D eigenvalue weighted by Crippen LogP contribution is -2.00. The van der Waals surface area contributed by atoms with E-state index in [0.29, 0.717) is 27.3 Å². The van der Waals surface area contributed by atoms with Gasteiger partial charge in [-0.1, -0.05) is 0 Å². The first kappa shape index (κ1) is 17.0. The highest BCUT2D eigenvalue weighted by Gasteiger charge is 2.13. The van der Waals surface area contributed by atoms with Crippen molar-refractivity contribution in [2.75, 3.05) is 14.2 Å². The van der Waals surface area contributed by atoms with E-state index in [4.69, 9.17) is 8.83 Å². The molecule has 0 aliphatic heterocycles. The normalized spacial score (nSPS) is 9.57. The standard InChI is InChI=1S/C7H7BrO3.C7H8O3/c1-4-5(7(9)10-2)3-6(8)11-4;1-5-6(3-4-10-5)7(8)9-2/h3H,1-2H3;3-4H,1-2H3. The van der Waals surface area contributed by atoms with Gasteiger partial charge >= 0.3 is 11.9 Å². The lowest BCUT2D eigenvalue weighted by Gasteiger charge is -1.93. The molecule has 2 heterocycles. The minimum atomic E-state index is -0.378. The molecule has 2 aromatic heterocycles. The Balaban J connectivity index is 0.000000211. The molecule has 0 aliphatic carbocycles. The number of hydrogen-bond donors (Lipinski definition) is 0. The van der Waals surface area contributed by atoms with Crippen LogP contribution in [0.3, 0.4) is 0 Å². The summed E-state index contributed by atoms with van der Waals surface area (Å²) in [4.78, 5) is 21.8. The Labute approximate surface area is 130 Å². The maximum atomic E-state index is 10.9. The summed E-state index contributed by atoms with van der Waals surface area (Å²) in [6.07, 6.45) is 1.46. The third-order valence-electron chi connectivity index (χ3n) is 2.56. The van der Waals surface area contributed by atoms with Crippen LogP contribution in [-0.2, 0) is 9.47 Å². The fraction of sp³-hybridized carbons (Fsp3) is 0.286. The predicted octanol–water partition coefficient (Wildman–Crippen LogP) is 3.51. The van der Waals surface area contributed by atoms with E-state index in [-0.39, 0.29) is 11.9 Å². The molecule has 114 valence electrons. The van der Waals surface area contributed by atoms with Crippen LogP contribution in [0.25, 0.3) is 0 Å². The maximum absolute atomic E-state index is 10.9. The number of ether oxygens (including phenoxy) is 2. The van der Waals surface area contributed by atoms with Crippen LogP contribution in [-0.4, -0.2) is 26.2 Å². The van der Waals surface area contributed by atoms with Crippen LogP contribution in [0.1, 0.15) is 32.2 Å². The summed E-state index contributed by atoms with van der Waals surface area (Å²) in [5, 5.41) is 0. The van der Waals surface area contributed by atoms with E-state index in [1.54, 1.807) is 26.0 Å². The quantitative estimate of drug-likeness (QED) is 0.764. The number of hydrogen-bond acceptors (Lipinski definition) is 6. The van der Waals surface area contributed by atoms with Crippen LogP contribution in [0, 0.1) is 13.8 Å². The first-order valence-electron chi connectivity index (χ1n) is 5.87. The van der Waals surface area contributed by atoms with E-state index >= 15 is 0 Å². The first-order valence-corrected chi connectivity index (χ1v) is 6.66. The Morgan fingerprint density at radius 2 is 1.62 bits per heavy atom. The molecule has 0 aliphatic rings.